The summed E-state index contributed by atoms with van der Waals surface area (Å²) in [6, 6.07) is 0. The molecular formula is C7H10O2. The standard InChI is InChI=1S/C7H10O2/c1-3-4-5-7(9)6(2)8/h3-5,8-9H,2H2,1H3/b4-3-,7-5+. The smallest absolute Gasteiger partial charge is 0.156 e. The van der Waals surface area contributed by atoms with Gasteiger partial charge in [0.25, 0.3) is 0 Å². The lowest BCUT2D eigenvalue weighted by molar-refractivity contribution is 0.328. The fourth-order valence-electron chi connectivity index (χ4n) is 0.284. The van der Waals surface area contributed by atoms with Crippen LogP contribution in [0.5, 0.6) is 0 Å². The van der Waals surface area contributed by atoms with Crippen LogP contribution in [0, 0.1) is 0 Å². The largest absolute Gasteiger partial charge is 0.505 e. The second-order valence-corrected chi connectivity index (χ2v) is 1.52. The van der Waals surface area contributed by atoms with Gasteiger partial charge < -0.3 is 10.2 Å². The number of hydrogen-bond donors (Lipinski definition) is 2. The third kappa shape index (κ3) is 3.41. The Kier molecular flexibility index (Phi) is 3.28. The molecule has 0 amide bonds. The van der Waals surface area contributed by atoms with Crippen molar-refractivity contribution >= 4 is 0 Å². The molecular weight excluding hydrogens is 116 g/mol. The maximum absolute atomic E-state index is 8.72. The molecule has 0 aromatic heterocycles. The van der Waals surface area contributed by atoms with E-state index in [1.54, 1.807) is 12.2 Å². The molecule has 0 aliphatic heterocycles. The molecule has 0 aromatic rings. The van der Waals surface area contributed by atoms with Crippen LogP contribution in [0.1, 0.15) is 6.92 Å². The van der Waals surface area contributed by atoms with E-state index in [-0.39, 0.29) is 11.5 Å². The summed E-state index contributed by atoms with van der Waals surface area (Å²) >= 11 is 0. The van der Waals surface area contributed by atoms with Crippen LogP contribution in [-0.4, -0.2) is 10.2 Å². The van der Waals surface area contributed by atoms with Crippen molar-refractivity contribution in [3.63, 3.8) is 0 Å². The first-order valence-electron chi connectivity index (χ1n) is 2.58. The third-order valence-corrected chi connectivity index (χ3v) is 0.742. The van der Waals surface area contributed by atoms with Gasteiger partial charge in [0.15, 0.2) is 5.76 Å². The lowest BCUT2D eigenvalue weighted by Crippen LogP contribution is -1.81. The molecule has 0 spiro atoms. The minimum absolute atomic E-state index is 0.201. The summed E-state index contributed by atoms with van der Waals surface area (Å²) in [6.45, 7) is 4.92. The second kappa shape index (κ2) is 3.78. The van der Waals surface area contributed by atoms with Gasteiger partial charge >= 0.3 is 0 Å². The van der Waals surface area contributed by atoms with Crippen molar-refractivity contribution in [2.75, 3.05) is 0 Å². The van der Waals surface area contributed by atoms with Crippen molar-refractivity contribution < 1.29 is 10.2 Å². The van der Waals surface area contributed by atoms with Gasteiger partial charge in [0.2, 0.25) is 0 Å². The Morgan fingerprint density at radius 1 is 1.44 bits per heavy atom. The van der Waals surface area contributed by atoms with Crippen LogP contribution in [0.25, 0.3) is 0 Å². The van der Waals surface area contributed by atoms with Gasteiger partial charge in [0, 0.05) is 0 Å². The van der Waals surface area contributed by atoms with E-state index in [0.717, 1.165) is 0 Å². The van der Waals surface area contributed by atoms with Gasteiger partial charge in [-0.05, 0) is 13.0 Å². The molecule has 0 unspecified atom stereocenters. The van der Waals surface area contributed by atoms with E-state index in [1.807, 2.05) is 6.92 Å². The molecule has 0 atom stereocenters. The molecule has 9 heavy (non-hydrogen) atoms. The van der Waals surface area contributed by atoms with Crippen molar-refractivity contribution in [1.29, 1.82) is 0 Å². The summed E-state index contributed by atoms with van der Waals surface area (Å²) in [5.41, 5.74) is 0. The van der Waals surface area contributed by atoms with E-state index in [0.29, 0.717) is 0 Å². The summed E-state index contributed by atoms with van der Waals surface area (Å²) < 4.78 is 0. The maximum atomic E-state index is 8.72. The average Bonchev–Trinajstić information content (AvgIpc) is 1.82. The summed E-state index contributed by atoms with van der Waals surface area (Å²) in [5.74, 6) is -0.513. The van der Waals surface area contributed by atoms with Crippen LogP contribution in [0.2, 0.25) is 0 Å². The summed E-state index contributed by atoms with van der Waals surface area (Å²) in [6.07, 6.45) is 4.71. The van der Waals surface area contributed by atoms with Gasteiger partial charge in [-0.25, -0.2) is 0 Å². The van der Waals surface area contributed by atoms with E-state index < -0.39 is 0 Å². The van der Waals surface area contributed by atoms with Gasteiger partial charge in [-0.3, -0.25) is 0 Å². The molecule has 0 saturated heterocycles. The van der Waals surface area contributed by atoms with Crippen LogP contribution in [0.15, 0.2) is 36.3 Å². The number of aliphatic hydroxyl groups excluding tert-OH is 2. The van der Waals surface area contributed by atoms with Crippen LogP contribution < -0.4 is 0 Å². The Bertz CT molecular complexity index is 154. The van der Waals surface area contributed by atoms with E-state index in [1.165, 1.54) is 6.08 Å². The molecule has 0 heterocycles. The fourth-order valence-corrected chi connectivity index (χ4v) is 0.284. The molecule has 0 saturated carbocycles. The highest BCUT2D eigenvalue weighted by molar-refractivity contribution is 5.19. The average molecular weight is 126 g/mol. The van der Waals surface area contributed by atoms with Gasteiger partial charge in [0.05, 0.1) is 0 Å². The molecule has 0 rings (SSSR count). The first-order valence-corrected chi connectivity index (χ1v) is 2.58. The topological polar surface area (TPSA) is 40.5 Å². The highest BCUT2D eigenvalue weighted by Crippen LogP contribution is 1.97. The zero-order valence-corrected chi connectivity index (χ0v) is 5.33. The van der Waals surface area contributed by atoms with Gasteiger partial charge in [-0.1, -0.05) is 18.7 Å². The minimum Gasteiger partial charge on any atom is -0.505 e. The second-order valence-electron chi connectivity index (χ2n) is 1.52. The first-order chi connectivity index (χ1) is 4.18. The Morgan fingerprint density at radius 2 is 2.00 bits per heavy atom. The molecule has 2 nitrogen and oxygen atoms in total. The van der Waals surface area contributed by atoms with E-state index in [4.69, 9.17) is 10.2 Å². The number of aliphatic hydroxyl groups is 2. The van der Waals surface area contributed by atoms with Crippen molar-refractivity contribution in [2.24, 2.45) is 0 Å². The summed E-state index contributed by atoms with van der Waals surface area (Å²) in [5, 5.41) is 17.2. The zero-order valence-electron chi connectivity index (χ0n) is 5.33. The quantitative estimate of drug-likeness (QED) is 0.439. The molecule has 0 bridgehead atoms. The predicted molar refractivity (Wildman–Crippen MR) is 37.3 cm³/mol. The SMILES string of the molecule is C=C(O)/C(O)=C\C=C/C. The third-order valence-electron chi connectivity index (χ3n) is 0.742. The van der Waals surface area contributed by atoms with Crippen molar-refractivity contribution in [3.8, 4) is 0 Å². The first kappa shape index (κ1) is 7.82. The van der Waals surface area contributed by atoms with Crippen LogP contribution in [0.4, 0.5) is 0 Å². The lowest BCUT2D eigenvalue weighted by atomic mass is 10.4. The molecule has 0 aromatic carbocycles. The molecule has 0 aliphatic rings. The highest BCUT2D eigenvalue weighted by Gasteiger charge is 1.90. The minimum atomic E-state index is -0.312. The Balaban J connectivity index is 4.00. The molecule has 2 heteroatoms. The lowest BCUT2D eigenvalue weighted by Gasteiger charge is -1.91. The molecule has 2 N–H and O–H groups in total. The Labute approximate surface area is 54.4 Å². The van der Waals surface area contributed by atoms with Crippen LogP contribution >= 0.6 is 0 Å². The van der Waals surface area contributed by atoms with E-state index in [2.05, 4.69) is 6.58 Å². The monoisotopic (exact) mass is 126 g/mol. The molecule has 50 valence electrons. The summed E-state index contributed by atoms with van der Waals surface area (Å²) in [4.78, 5) is 0. The van der Waals surface area contributed by atoms with E-state index >= 15 is 0 Å². The normalized spacial score (nSPS) is 12.3. The number of rotatable bonds is 2. The zero-order chi connectivity index (χ0) is 7.28. The Morgan fingerprint density at radius 3 is 2.33 bits per heavy atom. The van der Waals surface area contributed by atoms with Crippen LogP contribution in [-0.2, 0) is 0 Å². The van der Waals surface area contributed by atoms with E-state index in [9.17, 15) is 0 Å². The maximum Gasteiger partial charge on any atom is 0.156 e. The number of hydrogen-bond acceptors (Lipinski definition) is 2. The number of allylic oxidation sites excluding steroid dienone is 3. The molecule has 0 fully saturated rings. The van der Waals surface area contributed by atoms with Crippen molar-refractivity contribution in [1.82, 2.24) is 0 Å². The molecule has 0 aliphatic carbocycles. The fraction of sp³-hybridized carbons (Fsp3) is 0.143. The van der Waals surface area contributed by atoms with Gasteiger partial charge in [-0.2, -0.15) is 0 Å². The van der Waals surface area contributed by atoms with Crippen LogP contribution in [0.3, 0.4) is 0 Å². The van der Waals surface area contributed by atoms with Crippen molar-refractivity contribution in [3.05, 3.63) is 36.3 Å². The van der Waals surface area contributed by atoms with Gasteiger partial charge in [-0.15, -0.1) is 0 Å². The van der Waals surface area contributed by atoms with Gasteiger partial charge in [0.1, 0.15) is 5.76 Å². The highest BCUT2D eigenvalue weighted by atomic mass is 16.3. The predicted octanol–water partition coefficient (Wildman–Crippen LogP) is 2.08. The molecule has 0 radical (unpaired) electrons. The summed E-state index contributed by atoms with van der Waals surface area (Å²) in [7, 11) is 0. The van der Waals surface area contributed by atoms with Crippen molar-refractivity contribution in [2.45, 2.75) is 6.92 Å². The Hall–Kier alpha value is -1.18.